The summed E-state index contributed by atoms with van der Waals surface area (Å²) in [6.45, 7) is 1.71. The lowest BCUT2D eigenvalue weighted by atomic mass is 9.75. The van der Waals surface area contributed by atoms with Gasteiger partial charge in [-0.25, -0.2) is 0 Å². The summed E-state index contributed by atoms with van der Waals surface area (Å²) >= 11 is 0. The molecule has 25 nitrogen and oxygen atoms in total. The maximum Gasteiger partial charge on any atom is 0.303 e. The number of anilines is 1. The predicted molar refractivity (Wildman–Crippen MR) is 248 cm³/mol. The molecule has 2 aliphatic rings. The van der Waals surface area contributed by atoms with Gasteiger partial charge in [-0.1, -0.05) is 25.0 Å². The van der Waals surface area contributed by atoms with Crippen LogP contribution in [0.2, 0.25) is 0 Å². The van der Waals surface area contributed by atoms with Gasteiger partial charge in [-0.2, -0.15) is 63.5 Å². The highest BCUT2D eigenvalue weighted by atomic mass is 32.2. The Balaban J connectivity index is 1.91. The third kappa shape index (κ3) is 12.8. The Morgan fingerprint density at radius 1 is 0.614 bits per heavy atom. The van der Waals surface area contributed by atoms with Gasteiger partial charge in [0.2, 0.25) is 5.69 Å². The number of carboxylic acid groups (broad SMARTS) is 1. The molecule has 0 aromatic heterocycles. The molecule has 0 bridgehead atoms. The summed E-state index contributed by atoms with van der Waals surface area (Å²) in [5.74, 6) is -4.24. The van der Waals surface area contributed by atoms with Gasteiger partial charge in [0.25, 0.3) is 70.8 Å². The Labute approximate surface area is 403 Å². The summed E-state index contributed by atoms with van der Waals surface area (Å²) in [5.41, 5.74) is -5.01. The molecule has 3 aromatic carbocycles. The number of unbranched alkanes of at least 4 members (excludes halogenated alkanes) is 2. The van der Waals surface area contributed by atoms with E-state index in [4.69, 9.17) is 0 Å². The predicted octanol–water partition coefficient (Wildman–Crippen LogP) is 2.88. The Kier molecular flexibility index (Phi) is 15.9. The Hall–Kier alpha value is -4.29. The zero-order chi connectivity index (χ0) is 53.0. The van der Waals surface area contributed by atoms with Crippen LogP contribution >= 0.6 is 0 Å². The van der Waals surface area contributed by atoms with Crippen molar-refractivity contribution in [3.63, 3.8) is 0 Å². The summed E-state index contributed by atoms with van der Waals surface area (Å²) in [4.78, 5) is 8.32. The van der Waals surface area contributed by atoms with Crippen LogP contribution in [0.25, 0.3) is 10.8 Å². The van der Waals surface area contributed by atoms with E-state index in [9.17, 15) is 101 Å². The van der Waals surface area contributed by atoms with Crippen LogP contribution in [0.4, 0.5) is 11.4 Å². The Bertz CT molecular complexity index is 3590. The molecule has 0 fully saturated rings. The third-order valence-electron chi connectivity index (χ3n) is 11.8. The molecule has 0 aliphatic carbocycles. The van der Waals surface area contributed by atoms with Crippen LogP contribution < -0.4 is 4.90 Å². The molecule has 2 heterocycles. The van der Waals surface area contributed by atoms with E-state index < -0.39 is 161 Å². The van der Waals surface area contributed by atoms with E-state index in [0.717, 1.165) is 18.2 Å². The Morgan fingerprint density at radius 2 is 1.17 bits per heavy atom. The van der Waals surface area contributed by atoms with Crippen LogP contribution in [-0.2, 0) is 86.5 Å². The highest BCUT2D eigenvalue weighted by molar-refractivity contribution is 7.87. The Morgan fingerprint density at radius 3 is 1.70 bits per heavy atom. The summed E-state index contributed by atoms with van der Waals surface area (Å²) in [7, 11) is -35.8. The number of hydrogen-bond donors (Lipinski definition) is 8. The van der Waals surface area contributed by atoms with Crippen LogP contribution in [0.5, 0.6) is 0 Å². The maximum atomic E-state index is 13.1. The zero-order valence-electron chi connectivity index (χ0n) is 36.6. The van der Waals surface area contributed by atoms with Crippen LogP contribution in [-0.4, -0.2) is 143 Å². The number of benzene rings is 3. The second-order valence-electron chi connectivity index (χ2n) is 16.9. The zero-order valence-corrected chi connectivity index (χ0v) is 42.4. The molecule has 70 heavy (non-hydrogen) atoms. The molecule has 0 saturated heterocycles. The number of hydrogen-bond acceptors (Lipinski definition) is 16. The fourth-order valence-electron chi connectivity index (χ4n) is 9.10. The van der Waals surface area contributed by atoms with E-state index in [1.807, 2.05) is 0 Å². The first-order chi connectivity index (χ1) is 31.7. The molecule has 3 aromatic rings. The van der Waals surface area contributed by atoms with Crippen molar-refractivity contribution >= 4 is 105 Å². The number of carboxylic acids is 1. The van der Waals surface area contributed by atoms with Gasteiger partial charge < -0.3 is 10.0 Å². The summed E-state index contributed by atoms with van der Waals surface area (Å²) in [6, 6.07) is 4.73. The van der Waals surface area contributed by atoms with E-state index in [-0.39, 0.29) is 66.0 Å². The number of fused-ring (bicyclic) bond motifs is 4. The molecule has 0 radical (unpaired) electrons. The van der Waals surface area contributed by atoms with Crippen LogP contribution in [0.1, 0.15) is 69.9 Å². The fraction of sp³-hybridized carbons (Fsp3) is 0.421. The van der Waals surface area contributed by atoms with Crippen molar-refractivity contribution in [1.82, 2.24) is 0 Å². The molecule has 388 valence electrons. The van der Waals surface area contributed by atoms with Gasteiger partial charge in [0, 0.05) is 48.3 Å². The minimum Gasteiger partial charge on any atom is -0.481 e. The number of rotatable bonds is 22. The quantitative estimate of drug-likeness (QED) is 0.0407. The van der Waals surface area contributed by atoms with Gasteiger partial charge in [-0.15, -0.1) is 0 Å². The summed E-state index contributed by atoms with van der Waals surface area (Å²) < 4.78 is 247. The minimum atomic E-state index is -5.41. The van der Waals surface area contributed by atoms with Crippen molar-refractivity contribution < 1.29 is 105 Å². The van der Waals surface area contributed by atoms with E-state index in [1.54, 1.807) is 0 Å². The van der Waals surface area contributed by atoms with E-state index in [1.165, 1.54) is 47.6 Å². The number of aliphatic carboxylic acids is 1. The molecule has 0 amide bonds. The van der Waals surface area contributed by atoms with Crippen molar-refractivity contribution in [2.24, 2.45) is 0 Å². The third-order valence-corrected chi connectivity index (χ3v) is 17.8. The van der Waals surface area contributed by atoms with E-state index in [2.05, 4.69) is 0 Å². The van der Waals surface area contributed by atoms with E-state index in [0.29, 0.717) is 12.1 Å². The van der Waals surface area contributed by atoms with Gasteiger partial charge in [0.05, 0.1) is 38.5 Å². The monoisotopic (exact) mass is 1120 g/mol. The first kappa shape index (κ1) is 56.6. The van der Waals surface area contributed by atoms with Crippen molar-refractivity contribution in [2.45, 2.75) is 89.2 Å². The smallest absolute Gasteiger partial charge is 0.303 e. The largest absolute Gasteiger partial charge is 0.481 e. The van der Waals surface area contributed by atoms with Crippen molar-refractivity contribution in [2.75, 3.05) is 35.2 Å². The molecule has 2 atom stereocenters. The van der Waals surface area contributed by atoms with Crippen molar-refractivity contribution in [3.8, 4) is 0 Å². The van der Waals surface area contributed by atoms with E-state index >= 15 is 0 Å². The molecule has 8 N–H and O–H groups in total. The number of nitrogens with zero attached hydrogens (tertiary/aromatic N) is 2. The van der Waals surface area contributed by atoms with Gasteiger partial charge in [0.1, 0.15) is 21.2 Å². The van der Waals surface area contributed by atoms with Crippen molar-refractivity contribution in [3.05, 3.63) is 71.5 Å². The van der Waals surface area contributed by atoms with Crippen molar-refractivity contribution in [1.29, 1.82) is 0 Å². The summed E-state index contributed by atoms with van der Waals surface area (Å²) in [5, 5.41) is 8.37. The van der Waals surface area contributed by atoms with Crippen LogP contribution in [0.3, 0.4) is 0 Å². The highest BCUT2D eigenvalue weighted by Crippen LogP contribution is 2.53. The lowest BCUT2D eigenvalue weighted by Crippen LogP contribution is -2.36. The fourth-order valence-corrected chi connectivity index (χ4v) is 13.9. The van der Waals surface area contributed by atoms with Crippen LogP contribution in [0, 0.1) is 0 Å². The lowest BCUT2D eigenvalue weighted by molar-refractivity contribution is -0.437. The second kappa shape index (κ2) is 19.6. The first-order valence-electron chi connectivity index (χ1n) is 20.3. The molecule has 0 saturated carbocycles. The standard InChI is InChI=1S/C38H46N2O23S7/c1-37(14-5-3-4-11-34(41)42)32(40(16-8-18-65(46,47)48)29-20-25(68(55,56)57)22-31(36(29)37)70(61,62)63)9-6-10-33-38(2,23-66(49,50)51)35-27-19-24(67(52,53)54)21-30(69(58,59)60)26(27)12-13-28(35)39(33)15-7-17-64(43,44)45/h6,9-10,12-13,19-22H,3-5,7-8,11,14-18,23H2,1-2H3,(H7-,41,42,43,44,45,46,47,48,49,50,51,52,53,54,55,56,57,58,59,60,61,62,63)/p+1. The van der Waals surface area contributed by atoms with Crippen LogP contribution in [0.15, 0.2) is 79.9 Å². The molecule has 2 unspecified atom stereocenters. The SMILES string of the molecule is CC1(CCCCCC(=O)O)C(/C=C/C=C2/N(CCCS(=O)(=O)O)c3ccc4c(S(=O)(=O)O)cc(S(=O)(=O)O)cc4c3C2(C)CS(=O)(=O)O)=[N+](CCCS(=O)(=O)O)c2cc(S(=O)(=O)O)cc(S(=O)(=O)O)c21. The molecular formula is C38H47N2O23S7+. The lowest BCUT2D eigenvalue weighted by Gasteiger charge is -2.29. The maximum absolute atomic E-state index is 13.1. The average Bonchev–Trinajstić information content (AvgIpc) is 3.53. The van der Waals surface area contributed by atoms with Gasteiger partial charge in [-0.05, 0) is 74.4 Å². The molecule has 2 aliphatic heterocycles. The molecule has 5 rings (SSSR count). The molecular weight excluding hydrogens is 1080 g/mol. The first-order valence-corrected chi connectivity index (χ1v) is 30.9. The highest BCUT2D eigenvalue weighted by Gasteiger charge is 2.52. The topological polar surface area (TPSA) is 424 Å². The van der Waals surface area contributed by atoms with Gasteiger partial charge in [-0.3, -0.25) is 36.7 Å². The number of carbonyl (C=O) groups is 1. The second-order valence-corrected chi connectivity index (χ2v) is 27.1. The minimum absolute atomic E-state index is 0.0173. The average molecular weight is 1120 g/mol. The number of allylic oxidation sites excluding steroid dienone is 4. The molecule has 0 spiro atoms. The molecule has 32 heteroatoms. The van der Waals surface area contributed by atoms with Gasteiger partial charge >= 0.3 is 5.97 Å². The normalized spacial score (nSPS) is 20.0. The van der Waals surface area contributed by atoms with Gasteiger partial charge in [0.15, 0.2) is 5.71 Å². The summed E-state index contributed by atoms with van der Waals surface area (Å²) in [6.07, 6.45) is 2.76.